The highest BCUT2D eigenvalue weighted by Gasteiger charge is 2.52. The SMILES string of the molecule is COc1ccc(COC(=O)C2=C(COC(=O)N(Cc3ccc(OC)cc3)Cc3ccc(OC)cc3)CS[C@H]3[C@@H](N)C(=O)N23)cc1. The van der Waals surface area contributed by atoms with Gasteiger partial charge in [-0.15, -0.1) is 11.8 Å². The second-order valence-corrected chi connectivity index (χ2v) is 11.5. The molecule has 12 heteroatoms. The number of amides is 2. The molecule has 236 valence electrons. The number of hydrogen-bond acceptors (Lipinski definition) is 10. The van der Waals surface area contributed by atoms with Gasteiger partial charge in [0.1, 0.15) is 47.6 Å². The van der Waals surface area contributed by atoms with Crippen molar-refractivity contribution < 1.29 is 38.1 Å². The number of carbonyl (C=O) groups excluding carboxylic acids is 3. The first kappa shape index (κ1) is 31.7. The molecule has 2 heterocycles. The van der Waals surface area contributed by atoms with Crippen molar-refractivity contribution in [2.75, 3.05) is 33.7 Å². The largest absolute Gasteiger partial charge is 0.497 e. The van der Waals surface area contributed by atoms with E-state index in [1.165, 1.54) is 16.7 Å². The Balaban J connectivity index is 1.33. The Hall–Kier alpha value is -4.68. The summed E-state index contributed by atoms with van der Waals surface area (Å²) in [4.78, 5) is 42.6. The Morgan fingerprint density at radius 2 is 1.27 bits per heavy atom. The van der Waals surface area contributed by atoms with E-state index < -0.39 is 18.1 Å². The van der Waals surface area contributed by atoms with Crippen LogP contribution in [-0.2, 0) is 38.8 Å². The lowest BCUT2D eigenvalue weighted by atomic mass is 10.0. The third-order valence-corrected chi connectivity index (χ3v) is 8.86. The number of fused-ring (bicyclic) bond motifs is 1. The standard InChI is InChI=1S/C33H35N3O8S/c1-40-25-10-4-21(5-11-25)16-35(17-22-6-12-26(41-2)13-7-22)33(39)44-19-24-20-45-31-28(34)30(37)36(31)29(24)32(38)43-18-23-8-14-27(42-3)15-9-23/h4-15,28,31H,16-20,34H2,1-3H3/t28-,31-/m0/s1. The molecule has 0 unspecified atom stereocenters. The molecule has 0 aromatic heterocycles. The number of rotatable bonds is 12. The summed E-state index contributed by atoms with van der Waals surface area (Å²) in [7, 11) is 4.75. The van der Waals surface area contributed by atoms with Crippen LogP contribution in [0.3, 0.4) is 0 Å². The van der Waals surface area contributed by atoms with Crippen LogP contribution in [0.15, 0.2) is 84.1 Å². The van der Waals surface area contributed by atoms with Crippen LogP contribution in [0.25, 0.3) is 0 Å². The minimum atomic E-state index is -0.715. The predicted molar refractivity (Wildman–Crippen MR) is 167 cm³/mol. The first-order valence-corrected chi connectivity index (χ1v) is 15.3. The third kappa shape index (κ3) is 7.35. The maximum atomic E-state index is 13.6. The van der Waals surface area contributed by atoms with Gasteiger partial charge in [0.05, 0.1) is 21.3 Å². The highest BCUT2D eigenvalue weighted by molar-refractivity contribution is 8.00. The fourth-order valence-corrected chi connectivity index (χ4v) is 6.22. The maximum Gasteiger partial charge on any atom is 0.410 e. The highest BCUT2D eigenvalue weighted by atomic mass is 32.2. The van der Waals surface area contributed by atoms with Crippen molar-refractivity contribution in [3.8, 4) is 17.2 Å². The number of esters is 1. The smallest absolute Gasteiger partial charge is 0.410 e. The third-order valence-electron chi connectivity index (χ3n) is 7.50. The van der Waals surface area contributed by atoms with E-state index in [0.717, 1.165) is 16.7 Å². The van der Waals surface area contributed by atoms with Crippen LogP contribution in [0, 0.1) is 0 Å². The first-order chi connectivity index (χ1) is 21.8. The summed E-state index contributed by atoms with van der Waals surface area (Å²) in [5.74, 6) is 1.37. The van der Waals surface area contributed by atoms with E-state index in [1.807, 2.05) is 48.5 Å². The minimum Gasteiger partial charge on any atom is -0.497 e. The van der Waals surface area contributed by atoms with Gasteiger partial charge in [0.2, 0.25) is 5.91 Å². The average Bonchev–Trinajstić information content (AvgIpc) is 3.09. The van der Waals surface area contributed by atoms with Gasteiger partial charge in [0.25, 0.3) is 0 Å². The molecule has 2 aliphatic rings. The number of ether oxygens (including phenoxy) is 5. The quantitative estimate of drug-likeness (QED) is 0.230. The first-order valence-electron chi connectivity index (χ1n) is 14.2. The summed E-state index contributed by atoms with van der Waals surface area (Å²) < 4.78 is 27.1. The Morgan fingerprint density at radius 1 is 0.778 bits per heavy atom. The molecule has 5 rings (SSSR count). The van der Waals surface area contributed by atoms with E-state index >= 15 is 0 Å². The van der Waals surface area contributed by atoms with E-state index in [2.05, 4.69) is 0 Å². The van der Waals surface area contributed by atoms with Gasteiger partial charge in [-0.2, -0.15) is 0 Å². The molecule has 2 atom stereocenters. The number of methoxy groups -OCH3 is 3. The molecule has 0 radical (unpaired) electrons. The average molecular weight is 634 g/mol. The lowest BCUT2D eigenvalue weighted by Crippen LogP contribution is -2.68. The number of nitrogens with zero attached hydrogens (tertiary/aromatic N) is 2. The second-order valence-electron chi connectivity index (χ2n) is 10.4. The minimum absolute atomic E-state index is 0.0111. The van der Waals surface area contributed by atoms with Crippen molar-refractivity contribution in [1.29, 1.82) is 0 Å². The molecule has 1 fully saturated rings. The summed E-state index contributed by atoms with van der Waals surface area (Å²) >= 11 is 1.42. The van der Waals surface area contributed by atoms with Crippen molar-refractivity contribution in [3.05, 3.63) is 101 Å². The van der Waals surface area contributed by atoms with Crippen LogP contribution >= 0.6 is 11.8 Å². The van der Waals surface area contributed by atoms with E-state index in [0.29, 0.717) is 28.6 Å². The summed E-state index contributed by atoms with van der Waals surface area (Å²) in [6.07, 6.45) is -0.584. The molecule has 1 saturated heterocycles. The molecule has 0 aliphatic carbocycles. The van der Waals surface area contributed by atoms with Crippen molar-refractivity contribution >= 4 is 29.7 Å². The van der Waals surface area contributed by atoms with Gasteiger partial charge in [-0.25, -0.2) is 9.59 Å². The normalized spacial score (nSPS) is 17.2. The van der Waals surface area contributed by atoms with Crippen LogP contribution in [0.1, 0.15) is 16.7 Å². The molecular weight excluding hydrogens is 598 g/mol. The van der Waals surface area contributed by atoms with Crippen LogP contribution in [-0.4, -0.2) is 72.9 Å². The Morgan fingerprint density at radius 3 is 1.76 bits per heavy atom. The number of benzene rings is 3. The maximum absolute atomic E-state index is 13.6. The fraction of sp³-hybridized carbons (Fsp3) is 0.303. The van der Waals surface area contributed by atoms with Crippen molar-refractivity contribution in [1.82, 2.24) is 9.80 Å². The number of thioether (sulfide) groups is 1. The van der Waals surface area contributed by atoms with Crippen molar-refractivity contribution in [2.24, 2.45) is 5.73 Å². The molecule has 3 aromatic carbocycles. The Bertz CT molecular complexity index is 1490. The summed E-state index contributed by atoms with van der Waals surface area (Å²) in [5, 5.41) is -0.387. The number of β-lactam (4-membered cyclic amide) rings is 1. The molecule has 45 heavy (non-hydrogen) atoms. The van der Waals surface area contributed by atoms with E-state index in [1.54, 1.807) is 50.5 Å². The van der Waals surface area contributed by atoms with Crippen molar-refractivity contribution in [2.45, 2.75) is 31.1 Å². The molecule has 2 N–H and O–H groups in total. The van der Waals surface area contributed by atoms with Crippen LogP contribution in [0.4, 0.5) is 4.79 Å². The van der Waals surface area contributed by atoms with Crippen LogP contribution < -0.4 is 19.9 Å². The molecule has 3 aromatic rings. The number of hydrogen-bond donors (Lipinski definition) is 1. The predicted octanol–water partition coefficient (Wildman–Crippen LogP) is 4.09. The highest BCUT2D eigenvalue weighted by Crippen LogP contribution is 2.40. The zero-order chi connectivity index (χ0) is 31.9. The number of nitrogens with two attached hydrogens (primary N) is 1. The van der Waals surface area contributed by atoms with Gasteiger partial charge in [0, 0.05) is 24.4 Å². The Labute approximate surface area is 265 Å². The monoisotopic (exact) mass is 633 g/mol. The zero-order valence-electron chi connectivity index (χ0n) is 25.3. The lowest BCUT2D eigenvalue weighted by molar-refractivity contribution is -0.151. The van der Waals surface area contributed by atoms with Gasteiger partial charge in [-0.3, -0.25) is 14.6 Å². The van der Waals surface area contributed by atoms with Gasteiger partial charge in [-0.1, -0.05) is 36.4 Å². The van der Waals surface area contributed by atoms with Crippen LogP contribution in [0.2, 0.25) is 0 Å². The van der Waals surface area contributed by atoms with Gasteiger partial charge < -0.3 is 29.4 Å². The van der Waals surface area contributed by atoms with Gasteiger partial charge in [-0.05, 0) is 53.1 Å². The summed E-state index contributed by atoms with van der Waals surface area (Å²) in [6.45, 7) is 0.316. The summed E-state index contributed by atoms with van der Waals surface area (Å²) in [6, 6.07) is 21.2. The van der Waals surface area contributed by atoms with Gasteiger partial charge >= 0.3 is 12.1 Å². The molecule has 2 aliphatic heterocycles. The molecule has 11 nitrogen and oxygen atoms in total. The molecule has 2 amide bonds. The number of carbonyl (C=O) groups is 3. The topological polar surface area (TPSA) is 130 Å². The lowest BCUT2D eigenvalue weighted by Gasteiger charge is -2.48. The van der Waals surface area contributed by atoms with Gasteiger partial charge in [0.15, 0.2) is 0 Å². The second kappa shape index (κ2) is 14.4. The fourth-order valence-electron chi connectivity index (χ4n) is 4.95. The van der Waals surface area contributed by atoms with Crippen LogP contribution in [0.5, 0.6) is 17.2 Å². The summed E-state index contributed by atoms with van der Waals surface area (Å²) in [5.41, 5.74) is 9.06. The zero-order valence-corrected chi connectivity index (χ0v) is 26.1. The van der Waals surface area contributed by atoms with E-state index in [-0.39, 0.29) is 43.3 Å². The van der Waals surface area contributed by atoms with E-state index in [9.17, 15) is 14.4 Å². The molecule has 0 bridgehead atoms. The molecule has 0 spiro atoms. The molecular formula is C33H35N3O8S. The molecule has 0 saturated carbocycles. The Kier molecular flexibility index (Phi) is 10.2. The van der Waals surface area contributed by atoms with E-state index in [4.69, 9.17) is 29.4 Å². The van der Waals surface area contributed by atoms with Crippen molar-refractivity contribution in [3.63, 3.8) is 0 Å².